The predicted molar refractivity (Wildman–Crippen MR) is 90.0 cm³/mol. The topological polar surface area (TPSA) is 96.9 Å². The summed E-state index contributed by atoms with van der Waals surface area (Å²) in [5.41, 5.74) is 16.0. The number of aromatic nitrogens is 1. The van der Waals surface area contributed by atoms with E-state index in [0.29, 0.717) is 5.56 Å². The summed E-state index contributed by atoms with van der Waals surface area (Å²) in [6.07, 6.45) is 7.20. The molecule has 2 heterocycles. The van der Waals surface area contributed by atoms with Crippen LogP contribution < -0.4 is 16.8 Å². The van der Waals surface area contributed by atoms with E-state index in [-0.39, 0.29) is 0 Å². The maximum Gasteiger partial charge on any atom is 0.250 e. The van der Waals surface area contributed by atoms with E-state index in [1.807, 2.05) is 0 Å². The molecule has 4 rings (SSSR count). The van der Waals surface area contributed by atoms with Gasteiger partial charge in [-0.25, -0.2) is 0 Å². The summed E-state index contributed by atoms with van der Waals surface area (Å²) >= 11 is 0. The molecular weight excluding hydrogens is 276 g/mol. The van der Waals surface area contributed by atoms with Crippen molar-refractivity contribution in [2.45, 2.75) is 38.5 Å². The van der Waals surface area contributed by atoms with Gasteiger partial charge in [-0.3, -0.25) is 4.79 Å². The summed E-state index contributed by atoms with van der Waals surface area (Å²) in [5.74, 6) is -0.409. The van der Waals surface area contributed by atoms with Crippen molar-refractivity contribution in [3.63, 3.8) is 0 Å². The molecule has 1 amide bonds. The lowest BCUT2D eigenvalue weighted by atomic mass is 9.94. The lowest BCUT2D eigenvalue weighted by Crippen LogP contribution is -2.11. The average molecular weight is 300 g/mol. The fourth-order valence-corrected chi connectivity index (χ4v) is 3.37. The fraction of sp³-hybridized carbons (Fsp3) is 0.471. The first-order chi connectivity index (χ1) is 10.7. The van der Waals surface area contributed by atoms with E-state index in [1.54, 1.807) is 12.1 Å². The molecule has 6 N–H and O–H groups in total. The summed E-state index contributed by atoms with van der Waals surface area (Å²) in [6, 6.07) is 3.47. The zero-order valence-corrected chi connectivity index (χ0v) is 12.9. The van der Waals surface area contributed by atoms with Crippen molar-refractivity contribution in [2.24, 2.45) is 5.73 Å². The minimum absolute atomic E-state index is 0.409. The van der Waals surface area contributed by atoms with Crippen LogP contribution in [0.2, 0.25) is 0 Å². The van der Waals surface area contributed by atoms with E-state index >= 15 is 0 Å². The van der Waals surface area contributed by atoms with Crippen molar-refractivity contribution in [3.05, 3.63) is 29.0 Å². The van der Waals surface area contributed by atoms with Crippen molar-refractivity contribution in [3.8, 4) is 0 Å². The summed E-state index contributed by atoms with van der Waals surface area (Å²) in [7, 11) is 0. The fourth-order valence-electron chi connectivity index (χ4n) is 3.37. The Morgan fingerprint density at radius 3 is 2.41 bits per heavy atom. The summed E-state index contributed by atoms with van der Waals surface area (Å²) in [4.78, 5) is 14.7. The number of H-pyrrole nitrogens is 1. The average Bonchev–Trinajstić information content (AvgIpc) is 3.18. The smallest absolute Gasteiger partial charge is 0.250 e. The van der Waals surface area contributed by atoms with Crippen LogP contribution in [-0.4, -0.2) is 24.0 Å². The minimum atomic E-state index is -0.409. The zero-order valence-electron chi connectivity index (χ0n) is 12.9. The van der Waals surface area contributed by atoms with Crippen molar-refractivity contribution in [2.75, 3.05) is 18.8 Å². The summed E-state index contributed by atoms with van der Waals surface area (Å²) < 4.78 is 0. The number of nitrogen functional groups attached to an aromatic ring is 1. The van der Waals surface area contributed by atoms with Gasteiger partial charge in [0.15, 0.2) is 0 Å². The van der Waals surface area contributed by atoms with E-state index in [4.69, 9.17) is 11.5 Å². The number of rotatable bonds is 1. The highest BCUT2D eigenvalue weighted by Gasteiger charge is 2.20. The van der Waals surface area contributed by atoms with Crippen LogP contribution in [0.1, 0.15) is 47.3 Å². The number of nitrogens with one attached hydrogen (secondary N) is 2. The molecule has 1 aliphatic carbocycles. The van der Waals surface area contributed by atoms with Crippen LogP contribution in [0.5, 0.6) is 0 Å². The number of hydrogen-bond acceptors (Lipinski definition) is 3. The number of anilines is 1. The van der Waals surface area contributed by atoms with Gasteiger partial charge in [-0.15, -0.1) is 0 Å². The third-order valence-corrected chi connectivity index (χ3v) is 4.51. The normalized spacial score (nSPS) is 16.9. The number of aryl methyl sites for hydroxylation is 2. The van der Waals surface area contributed by atoms with Gasteiger partial charge in [-0.2, -0.15) is 0 Å². The zero-order chi connectivity index (χ0) is 15.5. The van der Waals surface area contributed by atoms with Gasteiger partial charge < -0.3 is 21.8 Å². The molecule has 5 heteroatoms. The molecule has 0 unspecified atom stereocenters. The quantitative estimate of drug-likeness (QED) is 0.607. The second kappa shape index (κ2) is 6.40. The Labute approximate surface area is 130 Å². The molecule has 0 radical (unpaired) electrons. The Hall–Kier alpha value is -2.01. The molecule has 0 saturated carbocycles. The number of fused-ring (bicyclic) bond motifs is 3. The van der Waals surface area contributed by atoms with Gasteiger partial charge in [0, 0.05) is 16.8 Å². The number of benzene rings is 1. The maximum atomic E-state index is 11.4. The Morgan fingerprint density at radius 1 is 1.05 bits per heavy atom. The molecule has 1 aromatic carbocycles. The lowest BCUT2D eigenvalue weighted by Gasteiger charge is -2.11. The second-order valence-corrected chi connectivity index (χ2v) is 6.06. The summed E-state index contributed by atoms with van der Waals surface area (Å²) in [5, 5.41) is 4.22. The standard InChI is InChI=1S/C13H15N3O.C4H9N/c14-9-6-5-8(13(15)17)12-11(9)7-3-1-2-4-10(7)16-12;1-2-4-5-3-1/h5-6,16H,1-4,14H2,(H2,15,17);5H,1-4H2. The van der Waals surface area contributed by atoms with Crippen molar-refractivity contribution in [1.82, 2.24) is 10.3 Å². The van der Waals surface area contributed by atoms with Crippen LogP contribution in [0.15, 0.2) is 12.1 Å². The van der Waals surface area contributed by atoms with E-state index in [2.05, 4.69) is 10.3 Å². The van der Waals surface area contributed by atoms with Crippen molar-refractivity contribution >= 4 is 22.5 Å². The Kier molecular flexibility index (Phi) is 4.34. The molecular formula is C17H24N4O. The molecule has 1 fully saturated rings. The first kappa shape index (κ1) is 14.9. The van der Waals surface area contributed by atoms with Crippen LogP contribution in [-0.2, 0) is 12.8 Å². The molecule has 0 spiro atoms. The highest BCUT2D eigenvalue weighted by atomic mass is 16.1. The molecule has 0 bridgehead atoms. The van der Waals surface area contributed by atoms with E-state index in [1.165, 1.54) is 50.0 Å². The minimum Gasteiger partial charge on any atom is -0.398 e. The van der Waals surface area contributed by atoms with Gasteiger partial charge in [0.25, 0.3) is 5.91 Å². The molecule has 0 atom stereocenters. The van der Waals surface area contributed by atoms with Gasteiger partial charge in [0.1, 0.15) is 0 Å². The second-order valence-electron chi connectivity index (χ2n) is 6.06. The maximum absolute atomic E-state index is 11.4. The van der Waals surface area contributed by atoms with Crippen LogP contribution in [0.25, 0.3) is 10.9 Å². The first-order valence-electron chi connectivity index (χ1n) is 8.11. The van der Waals surface area contributed by atoms with E-state index in [0.717, 1.165) is 29.4 Å². The predicted octanol–water partition coefficient (Wildman–Crippen LogP) is 2.10. The molecule has 2 aromatic rings. The number of amides is 1. The number of primary amides is 1. The number of carbonyl (C=O) groups excluding carboxylic acids is 1. The highest BCUT2D eigenvalue weighted by molar-refractivity contribution is 6.09. The molecule has 1 saturated heterocycles. The number of hydrogen-bond donors (Lipinski definition) is 4. The SMILES string of the molecule is C1CCNC1.NC(=O)c1ccc(N)c2c3c([nH]c12)CCCC3. The third kappa shape index (κ3) is 2.81. The first-order valence-corrected chi connectivity index (χ1v) is 8.11. The monoisotopic (exact) mass is 300 g/mol. The molecule has 2 aliphatic rings. The van der Waals surface area contributed by atoms with E-state index < -0.39 is 5.91 Å². The largest absolute Gasteiger partial charge is 0.398 e. The van der Waals surface area contributed by atoms with E-state index in [9.17, 15) is 4.79 Å². The van der Waals surface area contributed by atoms with Gasteiger partial charge in [0.05, 0.1) is 11.1 Å². The lowest BCUT2D eigenvalue weighted by molar-refractivity contribution is 0.100. The number of aromatic amines is 1. The van der Waals surface area contributed by atoms with Crippen molar-refractivity contribution < 1.29 is 4.79 Å². The van der Waals surface area contributed by atoms with Crippen LogP contribution >= 0.6 is 0 Å². The Morgan fingerprint density at radius 2 is 1.77 bits per heavy atom. The van der Waals surface area contributed by atoms with Gasteiger partial charge >= 0.3 is 0 Å². The summed E-state index contributed by atoms with van der Waals surface area (Å²) in [6.45, 7) is 2.50. The molecule has 1 aromatic heterocycles. The molecule has 1 aliphatic heterocycles. The Balaban J connectivity index is 0.000000246. The highest BCUT2D eigenvalue weighted by Crippen LogP contribution is 2.34. The number of carbonyl (C=O) groups is 1. The Bertz CT molecular complexity index is 678. The van der Waals surface area contributed by atoms with Gasteiger partial charge in [0.2, 0.25) is 0 Å². The third-order valence-electron chi connectivity index (χ3n) is 4.51. The van der Waals surface area contributed by atoms with Crippen LogP contribution in [0, 0.1) is 0 Å². The molecule has 118 valence electrons. The van der Waals surface area contributed by atoms with Crippen molar-refractivity contribution in [1.29, 1.82) is 0 Å². The van der Waals surface area contributed by atoms with Crippen LogP contribution in [0.4, 0.5) is 5.69 Å². The molecule has 5 nitrogen and oxygen atoms in total. The van der Waals surface area contributed by atoms with Gasteiger partial charge in [-0.1, -0.05) is 0 Å². The molecule has 22 heavy (non-hydrogen) atoms. The van der Waals surface area contributed by atoms with Gasteiger partial charge in [-0.05, 0) is 69.3 Å². The number of nitrogens with two attached hydrogens (primary N) is 2. The van der Waals surface area contributed by atoms with Crippen LogP contribution in [0.3, 0.4) is 0 Å².